The summed E-state index contributed by atoms with van der Waals surface area (Å²) in [6, 6.07) is 5.81. The summed E-state index contributed by atoms with van der Waals surface area (Å²) >= 11 is 0. The molecular formula is C12H17FN2O. The van der Waals surface area contributed by atoms with Crippen molar-refractivity contribution in [3.8, 4) is 0 Å². The molecule has 0 aromatic heterocycles. The number of rotatable bonds is 5. The van der Waals surface area contributed by atoms with E-state index >= 15 is 0 Å². The molecule has 4 heteroatoms. The molecule has 3 nitrogen and oxygen atoms in total. The first-order valence-corrected chi connectivity index (χ1v) is 5.44. The van der Waals surface area contributed by atoms with Crippen LogP contribution in [0.15, 0.2) is 24.3 Å². The first kappa shape index (κ1) is 12.6. The largest absolute Gasteiger partial charge is 0.322 e. The summed E-state index contributed by atoms with van der Waals surface area (Å²) in [4.78, 5) is 11.6. The van der Waals surface area contributed by atoms with Gasteiger partial charge in [-0.3, -0.25) is 4.79 Å². The van der Waals surface area contributed by atoms with Gasteiger partial charge < -0.3 is 10.6 Å². The van der Waals surface area contributed by atoms with E-state index in [1.54, 1.807) is 25.1 Å². The van der Waals surface area contributed by atoms with E-state index in [0.717, 1.165) is 13.0 Å². The van der Waals surface area contributed by atoms with Crippen molar-refractivity contribution in [1.82, 2.24) is 5.32 Å². The predicted octanol–water partition coefficient (Wildman–Crippen LogP) is 2.15. The van der Waals surface area contributed by atoms with Crippen molar-refractivity contribution in [2.75, 3.05) is 11.9 Å². The second kappa shape index (κ2) is 6.23. The van der Waals surface area contributed by atoms with Crippen LogP contribution in [0.2, 0.25) is 0 Å². The van der Waals surface area contributed by atoms with Crippen LogP contribution in [0.3, 0.4) is 0 Å². The van der Waals surface area contributed by atoms with Crippen LogP contribution in [0.25, 0.3) is 0 Å². The van der Waals surface area contributed by atoms with Crippen LogP contribution in [-0.2, 0) is 4.79 Å². The SMILES string of the molecule is CCCNC(C)C(=O)Nc1ccccc1F. The molecule has 0 spiro atoms. The molecule has 0 saturated heterocycles. The number of benzene rings is 1. The summed E-state index contributed by atoms with van der Waals surface area (Å²) in [6.45, 7) is 4.55. The van der Waals surface area contributed by atoms with E-state index in [1.807, 2.05) is 6.92 Å². The fourth-order valence-electron chi connectivity index (χ4n) is 1.26. The Morgan fingerprint density at radius 1 is 1.44 bits per heavy atom. The van der Waals surface area contributed by atoms with Crippen LogP contribution in [0, 0.1) is 5.82 Å². The molecule has 1 aromatic carbocycles. The molecule has 0 aliphatic heterocycles. The lowest BCUT2D eigenvalue weighted by Gasteiger charge is -2.13. The molecule has 1 aromatic rings. The average Bonchev–Trinajstić information content (AvgIpc) is 2.28. The average molecular weight is 224 g/mol. The van der Waals surface area contributed by atoms with Crippen molar-refractivity contribution < 1.29 is 9.18 Å². The molecule has 0 aliphatic carbocycles. The molecule has 1 amide bonds. The van der Waals surface area contributed by atoms with E-state index in [0.29, 0.717) is 0 Å². The van der Waals surface area contributed by atoms with E-state index in [-0.39, 0.29) is 17.6 Å². The van der Waals surface area contributed by atoms with E-state index in [9.17, 15) is 9.18 Å². The fourth-order valence-corrected chi connectivity index (χ4v) is 1.26. The number of nitrogens with one attached hydrogen (secondary N) is 2. The highest BCUT2D eigenvalue weighted by Crippen LogP contribution is 2.12. The monoisotopic (exact) mass is 224 g/mol. The molecule has 0 radical (unpaired) electrons. The molecule has 88 valence electrons. The van der Waals surface area contributed by atoms with Gasteiger partial charge in [0, 0.05) is 0 Å². The molecule has 0 heterocycles. The number of carbonyl (C=O) groups is 1. The Balaban J connectivity index is 2.54. The fraction of sp³-hybridized carbons (Fsp3) is 0.417. The van der Waals surface area contributed by atoms with Crippen molar-refractivity contribution in [3.05, 3.63) is 30.1 Å². The van der Waals surface area contributed by atoms with Crippen LogP contribution in [0.4, 0.5) is 10.1 Å². The second-order valence-electron chi connectivity index (χ2n) is 3.64. The summed E-state index contributed by atoms with van der Waals surface area (Å²) < 4.78 is 13.2. The maximum Gasteiger partial charge on any atom is 0.241 e. The minimum Gasteiger partial charge on any atom is -0.322 e. The number of carbonyl (C=O) groups excluding carboxylic acids is 1. The Morgan fingerprint density at radius 2 is 2.12 bits per heavy atom. The molecular weight excluding hydrogens is 207 g/mol. The van der Waals surface area contributed by atoms with Gasteiger partial charge in [0.25, 0.3) is 0 Å². The summed E-state index contributed by atoms with van der Waals surface area (Å²) in [7, 11) is 0. The number of anilines is 1. The Hall–Kier alpha value is -1.42. The minimum absolute atomic E-state index is 0.220. The topological polar surface area (TPSA) is 41.1 Å². The molecule has 1 atom stereocenters. The maximum atomic E-state index is 13.2. The van der Waals surface area contributed by atoms with Gasteiger partial charge in [-0.25, -0.2) is 4.39 Å². The molecule has 1 rings (SSSR count). The van der Waals surface area contributed by atoms with Gasteiger partial charge in [0.05, 0.1) is 11.7 Å². The normalized spacial score (nSPS) is 12.2. The van der Waals surface area contributed by atoms with E-state index < -0.39 is 5.82 Å². The van der Waals surface area contributed by atoms with Gasteiger partial charge in [-0.2, -0.15) is 0 Å². The van der Waals surface area contributed by atoms with Crippen molar-refractivity contribution in [1.29, 1.82) is 0 Å². The molecule has 0 bridgehead atoms. The standard InChI is InChI=1S/C12H17FN2O/c1-3-8-14-9(2)12(16)15-11-7-5-4-6-10(11)13/h4-7,9,14H,3,8H2,1-2H3,(H,15,16). The van der Waals surface area contributed by atoms with Crippen LogP contribution in [0.5, 0.6) is 0 Å². The third kappa shape index (κ3) is 3.62. The highest BCUT2D eigenvalue weighted by atomic mass is 19.1. The lowest BCUT2D eigenvalue weighted by Crippen LogP contribution is -2.38. The van der Waals surface area contributed by atoms with Crippen LogP contribution < -0.4 is 10.6 Å². The Morgan fingerprint density at radius 3 is 2.75 bits per heavy atom. The minimum atomic E-state index is -0.418. The quantitative estimate of drug-likeness (QED) is 0.804. The smallest absolute Gasteiger partial charge is 0.241 e. The zero-order valence-corrected chi connectivity index (χ0v) is 9.59. The zero-order chi connectivity index (χ0) is 12.0. The molecule has 16 heavy (non-hydrogen) atoms. The first-order chi connectivity index (χ1) is 7.65. The van der Waals surface area contributed by atoms with Gasteiger partial charge in [-0.05, 0) is 32.0 Å². The lowest BCUT2D eigenvalue weighted by molar-refractivity contribution is -0.117. The van der Waals surface area contributed by atoms with Gasteiger partial charge in [0.2, 0.25) is 5.91 Å². The summed E-state index contributed by atoms with van der Waals surface area (Å²) in [5.74, 6) is -0.642. The van der Waals surface area contributed by atoms with E-state index in [2.05, 4.69) is 10.6 Å². The van der Waals surface area contributed by atoms with E-state index in [1.165, 1.54) is 6.07 Å². The summed E-state index contributed by atoms with van der Waals surface area (Å²) in [5.41, 5.74) is 0.220. The van der Waals surface area contributed by atoms with Crippen molar-refractivity contribution in [2.24, 2.45) is 0 Å². The molecule has 1 unspecified atom stereocenters. The number of para-hydroxylation sites is 1. The van der Waals surface area contributed by atoms with Crippen LogP contribution in [0.1, 0.15) is 20.3 Å². The number of hydrogen-bond acceptors (Lipinski definition) is 2. The number of hydrogen-bond donors (Lipinski definition) is 2. The molecule has 2 N–H and O–H groups in total. The highest BCUT2D eigenvalue weighted by Gasteiger charge is 2.12. The highest BCUT2D eigenvalue weighted by molar-refractivity contribution is 5.94. The summed E-state index contributed by atoms with van der Waals surface area (Å²) in [6.07, 6.45) is 0.956. The molecule has 0 aliphatic rings. The molecule has 0 saturated carbocycles. The second-order valence-corrected chi connectivity index (χ2v) is 3.64. The lowest BCUT2D eigenvalue weighted by atomic mass is 10.2. The first-order valence-electron chi connectivity index (χ1n) is 5.44. The van der Waals surface area contributed by atoms with Gasteiger partial charge in [0.15, 0.2) is 0 Å². The van der Waals surface area contributed by atoms with Gasteiger partial charge >= 0.3 is 0 Å². The maximum absolute atomic E-state index is 13.2. The Kier molecular flexibility index (Phi) is 4.92. The van der Waals surface area contributed by atoms with Gasteiger partial charge in [-0.1, -0.05) is 19.1 Å². The third-order valence-corrected chi connectivity index (χ3v) is 2.23. The summed E-state index contributed by atoms with van der Waals surface area (Å²) in [5, 5.41) is 5.58. The van der Waals surface area contributed by atoms with Crippen LogP contribution >= 0.6 is 0 Å². The number of halogens is 1. The van der Waals surface area contributed by atoms with E-state index in [4.69, 9.17) is 0 Å². The van der Waals surface area contributed by atoms with Gasteiger partial charge in [0.1, 0.15) is 5.82 Å². The van der Waals surface area contributed by atoms with Crippen molar-refractivity contribution >= 4 is 11.6 Å². The van der Waals surface area contributed by atoms with Crippen LogP contribution in [-0.4, -0.2) is 18.5 Å². The zero-order valence-electron chi connectivity index (χ0n) is 9.59. The van der Waals surface area contributed by atoms with Gasteiger partial charge in [-0.15, -0.1) is 0 Å². The van der Waals surface area contributed by atoms with Crippen molar-refractivity contribution in [2.45, 2.75) is 26.3 Å². The Labute approximate surface area is 95.0 Å². The predicted molar refractivity (Wildman–Crippen MR) is 62.8 cm³/mol. The Bertz CT molecular complexity index is 355. The third-order valence-electron chi connectivity index (χ3n) is 2.23. The molecule has 0 fully saturated rings. The number of amides is 1. The van der Waals surface area contributed by atoms with Crippen molar-refractivity contribution in [3.63, 3.8) is 0 Å².